The SMILES string of the molecule is CCCNCCc1nnc(-c2cc(C)cc(C)c2)o1. The van der Waals surface area contributed by atoms with Gasteiger partial charge in [0.15, 0.2) is 0 Å². The van der Waals surface area contributed by atoms with Crippen molar-refractivity contribution in [1.29, 1.82) is 0 Å². The fourth-order valence-corrected chi connectivity index (χ4v) is 2.07. The van der Waals surface area contributed by atoms with Crippen LogP contribution in [0.5, 0.6) is 0 Å². The molecular weight excluding hydrogens is 238 g/mol. The van der Waals surface area contributed by atoms with Crippen LogP contribution in [0.3, 0.4) is 0 Å². The minimum absolute atomic E-state index is 0.609. The normalized spacial score (nSPS) is 10.9. The van der Waals surface area contributed by atoms with Gasteiger partial charge < -0.3 is 9.73 Å². The Morgan fingerprint density at radius 2 is 1.79 bits per heavy atom. The first-order chi connectivity index (χ1) is 9.19. The molecule has 0 amide bonds. The van der Waals surface area contributed by atoms with Crippen LogP contribution in [0.4, 0.5) is 0 Å². The lowest BCUT2D eigenvalue weighted by Crippen LogP contribution is -2.17. The van der Waals surface area contributed by atoms with Crippen LogP contribution in [-0.2, 0) is 6.42 Å². The van der Waals surface area contributed by atoms with Gasteiger partial charge in [-0.1, -0.05) is 24.1 Å². The van der Waals surface area contributed by atoms with Crippen LogP contribution in [0, 0.1) is 13.8 Å². The van der Waals surface area contributed by atoms with Gasteiger partial charge >= 0.3 is 0 Å². The van der Waals surface area contributed by atoms with Crippen LogP contribution in [0.25, 0.3) is 11.5 Å². The molecule has 102 valence electrons. The third-order valence-electron chi connectivity index (χ3n) is 2.88. The van der Waals surface area contributed by atoms with Crippen molar-refractivity contribution in [3.63, 3.8) is 0 Å². The van der Waals surface area contributed by atoms with E-state index in [1.54, 1.807) is 0 Å². The van der Waals surface area contributed by atoms with Crippen molar-refractivity contribution >= 4 is 0 Å². The molecule has 1 aromatic carbocycles. The third kappa shape index (κ3) is 3.89. The Morgan fingerprint density at radius 3 is 2.47 bits per heavy atom. The molecule has 0 saturated heterocycles. The summed E-state index contributed by atoms with van der Waals surface area (Å²) in [4.78, 5) is 0. The van der Waals surface area contributed by atoms with Gasteiger partial charge in [-0.25, -0.2) is 0 Å². The van der Waals surface area contributed by atoms with E-state index in [4.69, 9.17) is 4.42 Å². The number of benzene rings is 1. The molecule has 0 bridgehead atoms. The number of nitrogens with zero attached hydrogens (tertiary/aromatic N) is 2. The second kappa shape index (κ2) is 6.48. The van der Waals surface area contributed by atoms with Crippen molar-refractivity contribution in [3.05, 3.63) is 35.2 Å². The van der Waals surface area contributed by atoms with E-state index in [0.717, 1.165) is 31.5 Å². The van der Waals surface area contributed by atoms with Gasteiger partial charge in [0, 0.05) is 18.5 Å². The number of hydrogen-bond donors (Lipinski definition) is 1. The lowest BCUT2D eigenvalue weighted by molar-refractivity contribution is 0.494. The molecule has 19 heavy (non-hydrogen) atoms. The molecule has 4 nitrogen and oxygen atoms in total. The summed E-state index contributed by atoms with van der Waals surface area (Å²) in [5.74, 6) is 1.30. The molecule has 0 aliphatic carbocycles. The molecule has 0 spiro atoms. The van der Waals surface area contributed by atoms with Gasteiger partial charge in [0.05, 0.1) is 0 Å². The molecule has 0 unspecified atom stereocenters. The minimum Gasteiger partial charge on any atom is -0.421 e. The van der Waals surface area contributed by atoms with Gasteiger partial charge in [0.25, 0.3) is 0 Å². The summed E-state index contributed by atoms with van der Waals surface area (Å²) >= 11 is 0. The number of hydrogen-bond acceptors (Lipinski definition) is 4. The summed E-state index contributed by atoms with van der Waals surface area (Å²) in [6.45, 7) is 8.20. The van der Waals surface area contributed by atoms with E-state index in [1.165, 1.54) is 11.1 Å². The Balaban J connectivity index is 2.03. The zero-order chi connectivity index (χ0) is 13.7. The molecule has 0 atom stereocenters. The number of aryl methyl sites for hydroxylation is 2. The third-order valence-corrected chi connectivity index (χ3v) is 2.88. The van der Waals surface area contributed by atoms with E-state index in [1.807, 2.05) is 0 Å². The quantitative estimate of drug-likeness (QED) is 0.810. The highest BCUT2D eigenvalue weighted by Gasteiger charge is 2.09. The maximum Gasteiger partial charge on any atom is 0.247 e. The largest absolute Gasteiger partial charge is 0.421 e. The first kappa shape index (κ1) is 13.7. The first-order valence-corrected chi connectivity index (χ1v) is 6.81. The van der Waals surface area contributed by atoms with E-state index in [-0.39, 0.29) is 0 Å². The van der Waals surface area contributed by atoms with Crippen molar-refractivity contribution in [3.8, 4) is 11.5 Å². The molecule has 1 aromatic heterocycles. The zero-order valence-electron chi connectivity index (χ0n) is 11.9. The molecule has 0 aliphatic heterocycles. The number of rotatable bonds is 6. The Morgan fingerprint density at radius 1 is 1.05 bits per heavy atom. The van der Waals surface area contributed by atoms with E-state index in [9.17, 15) is 0 Å². The van der Waals surface area contributed by atoms with Gasteiger partial charge in [0.2, 0.25) is 11.8 Å². The highest BCUT2D eigenvalue weighted by molar-refractivity contribution is 5.55. The summed E-state index contributed by atoms with van der Waals surface area (Å²) in [6, 6.07) is 6.27. The molecular formula is C15H21N3O. The van der Waals surface area contributed by atoms with Crippen molar-refractivity contribution in [2.24, 2.45) is 0 Å². The van der Waals surface area contributed by atoms with E-state index in [0.29, 0.717) is 11.8 Å². The summed E-state index contributed by atoms with van der Waals surface area (Å²) in [6.07, 6.45) is 1.91. The smallest absolute Gasteiger partial charge is 0.247 e. The fourth-order valence-electron chi connectivity index (χ4n) is 2.07. The van der Waals surface area contributed by atoms with Crippen LogP contribution in [0.1, 0.15) is 30.4 Å². The zero-order valence-corrected chi connectivity index (χ0v) is 11.9. The predicted molar refractivity (Wildman–Crippen MR) is 76.1 cm³/mol. The Hall–Kier alpha value is -1.68. The van der Waals surface area contributed by atoms with Crippen molar-refractivity contribution in [1.82, 2.24) is 15.5 Å². The van der Waals surface area contributed by atoms with E-state index >= 15 is 0 Å². The van der Waals surface area contributed by atoms with Gasteiger partial charge in [0.1, 0.15) is 0 Å². The average molecular weight is 259 g/mol. The molecule has 0 aliphatic rings. The van der Waals surface area contributed by atoms with Crippen LogP contribution in [0.15, 0.2) is 22.6 Å². The summed E-state index contributed by atoms with van der Waals surface area (Å²) in [5, 5.41) is 11.5. The first-order valence-electron chi connectivity index (χ1n) is 6.81. The molecule has 2 aromatic rings. The number of aromatic nitrogens is 2. The molecule has 0 fully saturated rings. The molecule has 1 N–H and O–H groups in total. The predicted octanol–water partition coefficient (Wildman–Crippen LogP) is 2.90. The highest BCUT2D eigenvalue weighted by Crippen LogP contribution is 2.20. The minimum atomic E-state index is 0.609. The van der Waals surface area contributed by atoms with Crippen LogP contribution in [0.2, 0.25) is 0 Å². The molecule has 2 rings (SSSR count). The van der Waals surface area contributed by atoms with Gasteiger partial charge in [-0.3, -0.25) is 0 Å². The van der Waals surface area contributed by atoms with Crippen molar-refractivity contribution in [2.75, 3.05) is 13.1 Å². The Bertz CT molecular complexity index is 514. The summed E-state index contributed by atoms with van der Waals surface area (Å²) < 4.78 is 5.70. The molecule has 0 radical (unpaired) electrons. The highest BCUT2D eigenvalue weighted by atomic mass is 16.4. The van der Waals surface area contributed by atoms with Gasteiger partial charge in [-0.15, -0.1) is 10.2 Å². The van der Waals surface area contributed by atoms with Crippen molar-refractivity contribution in [2.45, 2.75) is 33.6 Å². The van der Waals surface area contributed by atoms with E-state index < -0.39 is 0 Å². The molecule has 1 heterocycles. The van der Waals surface area contributed by atoms with Crippen molar-refractivity contribution < 1.29 is 4.42 Å². The molecule has 4 heteroatoms. The second-order valence-corrected chi connectivity index (χ2v) is 4.88. The Kier molecular flexibility index (Phi) is 4.68. The maximum atomic E-state index is 5.70. The fraction of sp³-hybridized carbons (Fsp3) is 0.467. The molecule has 0 saturated carbocycles. The maximum absolute atomic E-state index is 5.70. The average Bonchev–Trinajstić information content (AvgIpc) is 2.82. The van der Waals surface area contributed by atoms with E-state index in [2.05, 4.69) is 54.5 Å². The second-order valence-electron chi connectivity index (χ2n) is 4.88. The van der Waals surface area contributed by atoms with Crippen LogP contribution >= 0.6 is 0 Å². The standard InChI is InChI=1S/C15H21N3O/c1-4-6-16-7-5-14-17-18-15(19-14)13-9-11(2)8-12(3)10-13/h8-10,16H,4-7H2,1-3H3. The van der Waals surface area contributed by atoms with Crippen LogP contribution < -0.4 is 5.32 Å². The lowest BCUT2D eigenvalue weighted by Gasteiger charge is -2.00. The number of nitrogens with one attached hydrogen (secondary N) is 1. The lowest BCUT2D eigenvalue weighted by atomic mass is 10.1. The Labute approximate surface area is 114 Å². The summed E-state index contributed by atoms with van der Waals surface area (Å²) in [7, 11) is 0. The summed E-state index contributed by atoms with van der Waals surface area (Å²) in [5.41, 5.74) is 3.41. The topological polar surface area (TPSA) is 51.0 Å². The van der Waals surface area contributed by atoms with Gasteiger partial charge in [-0.05, 0) is 38.9 Å². The monoisotopic (exact) mass is 259 g/mol. The van der Waals surface area contributed by atoms with Crippen LogP contribution in [-0.4, -0.2) is 23.3 Å². The van der Waals surface area contributed by atoms with Gasteiger partial charge in [-0.2, -0.15) is 0 Å².